The summed E-state index contributed by atoms with van der Waals surface area (Å²) in [5.41, 5.74) is 6.67. The summed E-state index contributed by atoms with van der Waals surface area (Å²) in [4.78, 5) is 2.28. The van der Waals surface area contributed by atoms with Crippen LogP contribution in [0.5, 0.6) is 0 Å². The fraction of sp³-hybridized carbons (Fsp3) is 0.571. The van der Waals surface area contributed by atoms with Crippen LogP contribution in [0.4, 0.5) is 4.39 Å². The molecule has 1 aromatic carbocycles. The second kappa shape index (κ2) is 7.44. The zero-order valence-electron chi connectivity index (χ0n) is 11.1. The Bertz CT molecular complexity index is 412. The molecule has 5 heteroatoms. The third-order valence-corrected chi connectivity index (χ3v) is 3.93. The fourth-order valence-electron chi connectivity index (χ4n) is 2.55. The van der Waals surface area contributed by atoms with Gasteiger partial charge in [0.1, 0.15) is 5.82 Å². The SMILES string of the molecule is CC(N)C1CCCN(Cc2ccc(Cl)cc2F)C1.Cl. The molecule has 0 radical (unpaired) electrons. The Labute approximate surface area is 125 Å². The van der Waals surface area contributed by atoms with E-state index in [1.54, 1.807) is 12.1 Å². The molecule has 0 aromatic heterocycles. The minimum atomic E-state index is -0.217. The zero-order valence-corrected chi connectivity index (χ0v) is 12.7. The average molecular weight is 307 g/mol. The maximum atomic E-state index is 13.7. The largest absolute Gasteiger partial charge is 0.328 e. The van der Waals surface area contributed by atoms with E-state index in [2.05, 4.69) is 11.8 Å². The molecular formula is C14H21Cl2FN2. The van der Waals surface area contributed by atoms with Crippen LogP contribution >= 0.6 is 24.0 Å². The van der Waals surface area contributed by atoms with E-state index in [0.717, 1.165) is 19.5 Å². The van der Waals surface area contributed by atoms with Crippen LogP contribution in [-0.2, 0) is 6.54 Å². The molecule has 1 saturated heterocycles. The van der Waals surface area contributed by atoms with E-state index in [9.17, 15) is 4.39 Å². The lowest BCUT2D eigenvalue weighted by Gasteiger charge is -2.34. The Balaban J connectivity index is 0.00000180. The van der Waals surface area contributed by atoms with Gasteiger partial charge in [0.25, 0.3) is 0 Å². The Morgan fingerprint density at radius 3 is 2.89 bits per heavy atom. The predicted octanol–water partition coefficient (Wildman–Crippen LogP) is 3.46. The lowest BCUT2D eigenvalue weighted by atomic mass is 9.92. The molecule has 108 valence electrons. The van der Waals surface area contributed by atoms with Gasteiger partial charge in [-0.2, -0.15) is 0 Å². The molecule has 0 amide bonds. The normalized spacial score (nSPS) is 21.8. The van der Waals surface area contributed by atoms with Crippen molar-refractivity contribution in [3.05, 3.63) is 34.6 Å². The van der Waals surface area contributed by atoms with Gasteiger partial charge in [-0.3, -0.25) is 4.90 Å². The van der Waals surface area contributed by atoms with Crippen LogP contribution < -0.4 is 5.73 Å². The van der Waals surface area contributed by atoms with Crippen molar-refractivity contribution in [2.24, 2.45) is 11.7 Å². The number of benzene rings is 1. The molecule has 0 bridgehead atoms. The first-order chi connectivity index (χ1) is 8.56. The highest BCUT2D eigenvalue weighted by molar-refractivity contribution is 6.30. The minimum absolute atomic E-state index is 0. The molecule has 2 N–H and O–H groups in total. The van der Waals surface area contributed by atoms with E-state index in [1.165, 1.54) is 12.5 Å². The van der Waals surface area contributed by atoms with Crippen LogP contribution in [0, 0.1) is 11.7 Å². The summed E-state index contributed by atoms with van der Waals surface area (Å²) in [5.74, 6) is 0.305. The molecule has 0 saturated carbocycles. The highest BCUT2D eigenvalue weighted by atomic mass is 35.5. The zero-order chi connectivity index (χ0) is 13.1. The molecule has 1 aromatic rings. The van der Waals surface area contributed by atoms with Crippen LogP contribution in [0.3, 0.4) is 0 Å². The number of likely N-dealkylation sites (tertiary alicyclic amines) is 1. The van der Waals surface area contributed by atoms with Crippen molar-refractivity contribution in [2.75, 3.05) is 13.1 Å². The highest BCUT2D eigenvalue weighted by Gasteiger charge is 2.23. The number of hydrogen-bond acceptors (Lipinski definition) is 2. The van der Waals surface area contributed by atoms with Gasteiger partial charge < -0.3 is 5.73 Å². The van der Waals surface area contributed by atoms with Crippen molar-refractivity contribution in [2.45, 2.75) is 32.4 Å². The number of hydrogen-bond donors (Lipinski definition) is 1. The van der Waals surface area contributed by atoms with Gasteiger partial charge in [-0.1, -0.05) is 17.7 Å². The van der Waals surface area contributed by atoms with Crippen LogP contribution in [-0.4, -0.2) is 24.0 Å². The maximum Gasteiger partial charge on any atom is 0.129 e. The number of piperidine rings is 1. The lowest BCUT2D eigenvalue weighted by molar-refractivity contribution is 0.153. The molecule has 1 heterocycles. The minimum Gasteiger partial charge on any atom is -0.328 e. The second-order valence-corrected chi connectivity index (χ2v) is 5.67. The first-order valence-electron chi connectivity index (χ1n) is 6.48. The van der Waals surface area contributed by atoms with Crippen LogP contribution in [0.1, 0.15) is 25.3 Å². The predicted molar refractivity (Wildman–Crippen MR) is 80.3 cm³/mol. The number of rotatable bonds is 3. The Hall–Kier alpha value is -0.350. The number of halogens is 3. The topological polar surface area (TPSA) is 29.3 Å². The molecule has 19 heavy (non-hydrogen) atoms. The Morgan fingerprint density at radius 1 is 1.53 bits per heavy atom. The summed E-state index contributed by atoms with van der Waals surface area (Å²) in [6.07, 6.45) is 2.32. The second-order valence-electron chi connectivity index (χ2n) is 5.23. The van der Waals surface area contributed by atoms with Gasteiger partial charge >= 0.3 is 0 Å². The van der Waals surface area contributed by atoms with Crippen molar-refractivity contribution in [1.29, 1.82) is 0 Å². The third kappa shape index (κ3) is 4.60. The smallest absolute Gasteiger partial charge is 0.129 e. The molecular weight excluding hydrogens is 286 g/mol. The van der Waals surface area contributed by atoms with Gasteiger partial charge in [-0.15, -0.1) is 12.4 Å². The molecule has 2 nitrogen and oxygen atoms in total. The van der Waals surface area contributed by atoms with Crippen molar-refractivity contribution < 1.29 is 4.39 Å². The van der Waals surface area contributed by atoms with E-state index < -0.39 is 0 Å². The molecule has 1 fully saturated rings. The Morgan fingerprint density at radius 2 is 2.26 bits per heavy atom. The van der Waals surface area contributed by atoms with Crippen molar-refractivity contribution in [1.82, 2.24) is 4.90 Å². The number of nitrogens with two attached hydrogens (primary N) is 1. The van der Waals surface area contributed by atoms with Crippen molar-refractivity contribution >= 4 is 24.0 Å². The summed E-state index contributed by atoms with van der Waals surface area (Å²) in [6, 6.07) is 5.10. The van der Waals surface area contributed by atoms with Gasteiger partial charge in [0.05, 0.1) is 0 Å². The average Bonchev–Trinajstić information content (AvgIpc) is 2.33. The summed E-state index contributed by atoms with van der Waals surface area (Å²) < 4.78 is 13.7. The Kier molecular flexibility index (Phi) is 6.54. The first-order valence-corrected chi connectivity index (χ1v) is 6.86. The quantitative estimate of drug-likeness (QED) is 0.926. The molecule has 0 aliphatic carbocycles. The number of nitrogens with zero attached hydrogens (tertiary/aromatic N) is 1. The van der Waals surface area contributed by atoms with Gasteiger partial charge in [0.15, 0.2) is 0 Å². The van der Waals surface area contributed by atoms with Crippen LogP contribution in [0.2, 0.25) is 5.02 Å². The standard InChI is InChI=1S/C14H20ClFN2.ClH/c1-10(17)11-3-2-6-18(8-11)9-12-4-5-13(15)7-14(12)16;/h4-5,7,10-11H,2-3,6,8-9,17H2,1H3;1H. The van der Waals surface area contributed by atoms with Gasteiger partial charge in [-0.25, -0.2) is 4.39 Å². The van der Waals surface area contributed by atoms with Crippen molar-refractivity contribution in [3.63, 3.8) is 0 Å². The molecule has 1 aliphatic heterocycles. The lowest BCUT2D eigenvalue weighted by Crippen LogP contribution is -2.42. The highest BCUT2D eigenvalue weighted by Crippen LogP contribution is 2.22. The monoisotopic (exact) mass is 306 g/mol. The van der Waals surface area contributed by atoms with E-state index in [-0.39, 0.29) is 24.3 Å². The summed E-state index contributed by atoms with van der Waals surface area (Å²) in [7, 11) is 0. The molecule has 0 spiro atoms. The molecule has 2 unspecified atom stereocenters. The van der Waals surface area contributed by atoms with Crippen LogP contribution in [0.15, 0.2) is 18.2 Å². The molecule has 2 atom stereocenters. The van der Waals surface area contributed by atoms with Crippen LogP contribution in [0.25, 0.3) is 0 Å². The molecule has 2 rings (SSSR count). The van der Waals surface area contributed by atoms with E-state index in [0.29, 0.717) is 23.0 Å². The van der Waals surface area contributed by atoms with Gasteiger partial charge in [0, 0.05) is 29.7 Å². The van der Waals surface area contributed by atoms with E-state index in [4.69, 9.17) is 17.3 Å². The summed E-state index contributed by atoms with van der Waals surface area (Å²) in [6.45, 7) is 4.67. The van der Waals surface area contributed by atoms with E-state index >= 15 is 0 Å². The van der Waals surface area contributed by atoms with Crippen molar-refractivity contribution in [3.8, 4) is 0 Å². The van der Waals surface area contributed by atoms with E-state index in [1.807, 2.05) is 0 Å². The van der Waals surface area contributed by atoms with Gasteiger partial charge in [-0.05, 0) is 44.4 Å². The summed E-state index contributed by atoms with van der Waals surface area (Å²) in [5, 5.41) is 0.448. The third-order valence-electron chi connectivity index (χ3n) is 3.69. The van der Waals surface area contributed by atoms with Gasteiger partial charge in [0.2, 0.25) is 0 Å². The maximum absolute atomic E-state index is 13.7. The summed E-state index contributed by atoms with van der Waals surface area (Å²) >= 11 is 5.75. The first kappa shape index (κ1) is 16.7. The fourth-order valence-corrected chi connectivity index (χ4v) is 2.71. The molecule has 1 aliphatic rings.